The van der Waals surface area contributed by atoms with Gasteiger partial charge in [-0.05, 0) is 78.9 Å². The monoisotopic (exact) mass is 626 g/mol. The number of ether oxygens (including phenoxy) is 1. The minimum Gasteiger partial charge on any atom is -0.467 e. The number of carbonyl (C=O) groups is 3. The first-order valence-electron chi connectivity index (χ1n) is 14.6. The number of likely N-dealkylation sites (tertiary alicyclic amines) is 1. The molecule has 1 unspecified atom stereocenters. The van der Waals surface area contributed by atoms with Crippen LogP contribution in [0.3, 0.4) is 0 Å². The second-order valence-electron chi connectivity index (χ2n) is 10.8. The lowest BCUT2D eigenvalue weighted by Crippen LogP contribution is -2.43. The molecular weight excluding hydrogens is 595 g/mol. The quantitative estimate of drug-likeness (QED) is 0.227. The minimum atomic E-state index is -0.635. The Labute approximate surface area is 264 Å². The van der Waals surface area contributed by atoms with E-state index in [0.717, 1.165) is 11.1 Å². The third kappa shape index (κ3) is 6.93. The molecule has 2 saturated heterocycles. The second-order valence-corrected chi connectivity index (χ2v) is 11.9. The molecule has 2 atom stereocenters. The van der Waals surface area contributed by atoms with Crippen LogP contribution in [0, 0.1) is 12.7 Å². The normalized spacial score (nSPS) is 18.9. The zero-order valence-corrected chi connectivity index (χ0v) is 25.3. The third-order valence-electron chi connectivity index (χ3n) is 7.69. The van der Waals surface area contributed by atoms with Crippen molar-refractivity contribution in [2.75, 3.05) is 11.9 Å². The standard InChI is InChI=1S/C34H31FN4O5S/c1-22-19-25(35)13-16-28(22)37-33-39(20-27-9-6-18-43-27)32(41)30(45-33)24-11-14-26(15-12-24)36-31(40)29-10-5-17-38(29)34(42)44-21-23-7-3-2-4-8-23/h2-4,6-9,11-16,18-19,29-30H,5,10,17,20-21H2,1H3,(H,36,40)/t29-,30?/m1/s1. The smallest absolute Gasteiger partial charge is 0.410 e. The number of hydrogen-bond acceptors (Lipinski definition) is 7. The first kappa shape index (κ1) is 30.1. The summed E-state index contributed by atoms with van der Waals surface area (Å²) in [6.45, 7) is 2.55. The van der Waals surface area contributed by atoms with Crippen LogP contribution in [0.2, 0.25) is 0 Å². The average Bonchev–Trinajstić information content (AvgIpc) is 3.81. The number of anilines is 1. The van der Waals surface area contributed by atoms with Gasteiger partial charge in [0.1, 0.15) is 29.5 Å². The van der Waals surface area contributed by atoms with Crippen molar-refractivity contribution in [1.29, 1.82) is 0 Å². The number of carbonyl (C=O) groups excluding carboxylic acids is 3. The van der Waals surface area contributed by atoms with Crippen LogP contribution in [0.1, 0.15) is 40.5 Å². The van der Waals surface area contributed by atoms with E-state index in [1.165, 1.54) is 28.8 Å². The van der Waals surface area contributed by atoms with Crippen molar-refractivity contribution in [3.63, 3.8) is 0 Å². The van der Waals surface area contributed by atoms with Gasteiger partial charge in [-0.2, -0.15) is 0 Å². The molecule has 230 valence electrons. The third-order valence-corrected chi connectivity index (χ3v) is 8.92. The fraction of sp³-hybridized carbons (Fsp3) is 0.235. The summed E-state index contributed by atoms with van der Waals surface area (Å²) in [6.07, 6.45) is 2.27. The molecular formula is C34H31FN4O5S. The molecule has 0 radical (unpaired) electrons. The molecule has 4 aromatic rings. The van der Waals surface area contributed by atoms with Gasteiger partial charge in [0, 0.05) is 12.2 Å². The summed E-state index contributed by atoms with van der Waals surface area (Å²) in [4.78, 5) is 47.4. The predicted molar refractivity (Wildman–Crippen MR) is 169 cm³/mol. The summed E-state index contributed by atoms with van der Waals surface area (Å²) >= 11 is 1.30. The summed E-state index contributed by atoms with van der Waals surface area (Å²) in [6, 6.07) is 23.7. The molecule has 9 nitrogen and oxygen atoms in total. The van der Waals surface area contributed by atoms with Crippen LogP contribution in [0.4, 0.5) is 20.6 Å². The zero-order valence-electron chi connectivity index (χ0n) is 24.5. The molecule has 2 aliphatic rings. The van der Waals surface area contributed by atoms with E-state index < -0.39 is 17.4 Å². The van der Waals surface area contributed by atoms with Crippen molar-refractivity contribution >= 4 is 46.2 Å². The number of rotatable bonds is 8. The Hall–Kier alpha value is -4.90. The maximum atomic E-state index is 13.7. The minimum absolute atomic E-state index is 0.138. The number of amidine groups is 1. The molecule has 3 heterocycles. The van der Waals surface area contributed by atoms with E-state index >= 15 is 0 Å². The fourth-order valence-electron chi connectivity index (χ4n) is 5.33. The molecule has 0 aliphatic carbocycles. The highest BCUT2D eigenvalue weighted by atomic mass is 32.2. The molecule has 0 bridgehead atoms. The maximum Gasteiger partial charge on any atom is 0.410 e. The number of aliphatic imine (C=N–C) groups is 1. The molecule has 0 spiro atoms. The largest absolute Gasteiger partial charge is 0.467 e. The van der Waals surface area contributed by atoms with Gasteiger partial charge in [0.25, 0.3) is 0 Å². The van der Waals surface area contributed by atoms with Crippen molar-refractivity contribution in [3.05, 3.63) is 119 Å². The Morgan fingerprint density at radius 2 is 1.87 bits per heavy atom. The van der Waals surface area contributed by atoms with E-state index in [2.05, 4.69) is 5.32 Å². The van der Waals surface area contributed by atoms with E-state index in [1.54, 1.807) is 60.6 Å². The number of hydrogen-bond donors (Lipinski definition) is 1. The SMILES string of the molecule is Cc1cc(F)ccc1N=C1SC(c2ccc(NC(=O)[C@H]3CCCN3C(=O)OCc3ccccc3)cc2)C(=O)N1Cc1ccco1. The summed E-state index contributed by atoms with van der Waals surface area (Å²) in [7, 11) is 0. The van der Waals surface area contributed by atoms with E-state index in [-0.39, 0.29) is 30.8 Å². The predicted octanol–water partition coefficient (Wildman–Crippen LogP) is 6.97. The van der Waals surface area contributed by atoms with Crippen molar-refractivity contribution in [3.8, 4) is 0 Å². The molecule has 3 amide bonds. The Bertz CT molecular complexity index is 1710. The van der Waals surface area contributed by atoms with Crippen molar-refractivity contribution in [2.24, 2.45) is 4.99 Å². The van der Waals surface area contributed by atoms with Crippen LogP contribution >= 0.6 is 11.8 Å². The van der Waals surface area contributed by atoms with E-state index in [9.17, 15) is 18.8 Å². The topological polar surface area (TPSA) is 104 Å². The molecule has 1 aromatic heterocycles. The van der Waals surface area contributed by atoms with Crippen LogP contribution in [0.25, 0.3) is 0 Å². The first-order valence-corrected chi connectivity index (χ1v) is 15.5. The molecule has 1 N–H and O–H groups in total. The van der Waals surface area contributed by atoms with Crippen LogP contribution in [0.5, 0.6) is 0 Å². The van der Waals surface area contributed by atoms with Crippen LogP contribution in [-0.2, 0) is 27.5 Å². The lowest BCUT2D eigenvalue weighted by molar-refractivity contribution is -0.126. The Kier molecular flexibility index (Phi) is 8.97. The summed E-state index contributed by atoms with van der Waals surface area (Å²) in [5.74, 6) is -0.205. The molecule has 6 rings (SSSR count). The van der Waals surface area contributed by atoms with E-state index in [0.29, 0.717) is 47.3 Å². The Morgan fingerprint density at radius 3 is 2.60 bits per heavy atom. The Morgan fingerprint density at radius 1 is 1.07 bits per heavy atom. The molecule has 3 aromatic carbocycles. The fourth-order valence-corrected chi connectivity index (χ4v) is 6.50. The number of nitrogens with one attached hydrogen (secondary N) is 1. The van der Waals surface area contributed by atoms with Crippen LogP contribution in [0.15, 0.2) is 101 Å². The van der Waals surface area contributed by atoms with Gasteiger partial charge in [0.15, 0.2) is 5.17 Å². The summed E-state index contributed by atoms with van der Waals surface area (Å²) in [5, 5.41) is 2.81. The highest BCUT2D eigenvalue weighted by Gasteiger charge is 2.40. The van der Waals surface area contributed by atoms with Gasteiger partial charge in [-0.3, -0.25) is 19.4 Å². The van der Waals surface area contributed by atoms with Crippen LogP contribution in [-0.4, -0.2) is 45.5 Å². The van der Waals surface area contributed by atoms with Gasteiger partial charge in [-0.15, -0.1) is 0 Å². The van der Waals surface area contributed by atoms with Crippen molar-refractivity contribution < 1.29 is 27.9 Å². The van der Waals surface area contributed by atoms with Crippen LogP contribution < -0.4 is 5.32 Å². The molecule has 45 heavy (non-hydrogen) atoms. The number of furan rings is 1. The summed E-state index contributed by atoms with van der Waals surface area (Å²) < 4.78 is 24.7. The van der Waals surface area contributed by atoms with Gasteiger partial charge in [-0.1, -0.05) is 54.2 Å². The van der Waals surface area contributed by atoms with Gasteiger partial charge in [-0.25, -0.2) is 14.2 Å². The molecule has 2 fully saturated rings. The van der Waals surface area contributed by atoms with Gasteiger partial charge in [0.2, 0.25) is 11.8 Å². The lowest BCUT2D eigenvalue weighted by Gasteiger charge is -2.23. The molecule has 11 heteroatoms. The number of halogens is 1. The maximum absolute atomic E-state index is 13.7. The number of amides is 3. The number of thioether (sulfide) groups is 1. The van der Waals surface area contributed by atoms with Crippen molar-refractivity contribution in [1.82, 2.24) is 9.80 Å². The highest BCUT2D eigenvalue weighted by Crippen LogP contribution is 2.42. The zero-order chi connectivity index (χ0) is 31.3. The molecule has 2 aliphatic heterocycles. The van der Waals surface area contributed by atoms with E-state index in [1.807, 2.05) is 30.3 Å². The second kappa shape index (κ2) is 13.4. The van der Waals surface area contributed by atoms with E-state index in [4.69, 9.17) is 14.1 Å². The van der Waals surface area contributed by atoms with Gasteiger partial charge >= 0.3 is 6.09 Å². The number of aryl methyl sites for hydroxylation is 1. The summed E-state index contributed by atoms with van der Waals surface area (Å²) in [5.41, 5.74) is 3.38. The Balaban J connectivity index is 1.13. The van der Waals surface area contributed by atoms with Gasteiger partial charge < -0.3 is 14.5 Å². The average molecular weight is 627 g/mol. The van der Waals surface area contributed by atoms with Gasteiger partial charge in [0.05, 0.1) is 18.5 Å². The number of nitrogens with zero attached hydrogens (tertiary/aromatic N) is 3. The molecule has 0 saturated carbocycles. The highest BCUT2D eigenvalue weighted by molar-refractivity contribution is 8.15. The lowest BCUT2D eigenvalue weighted by atomic mass is 10.1. The first-order chi connectivity index (χ1) is 21.9. The van der Waals surface area contributed by atoms with Crippen molar-refractivity contribution in [2.45, 2.75) is 44.2 Å². The number of benzene rings is 3.